The van der Waals surface area contributed by atoms with E-state index in [4.69, 9.17) is 80.6 Å². The van der Waals surface area contributed by atoms with Crippen LogP contribution in [0.15, 0.2) is 193 Å². The molecule has 0 bridgehead atoms. The summed E-state index contributed by atoms with van der Waals surface area (Å²) in [4.78, 5) is 86.0. The molecule has 10 aromatic rings. The number of hydrogen-bond acceptors (Lipinski definition) is 32. The zero-order chi connectivity index (χ0) is 107. The molecule has 13 rings (SSSR count). The molecular weight excluding hydrogens is 2110 g/mol. The molecule has 7 heterocycles. The molecule has 0 spiro atoms. The maximum Gasteiger partial charge on any atom is 0.311 e. The highest BCUT2D eigenvalue weighted by molar-refractivity contribution is 9.09. The Balaban J connectivity index is 0.000000280. The van der Waals surface area contributed by atoms with Gasteiger partial charge in [-0.15, -0.1) is 26.6 Å². The van der Waals surface area contributed by atoms with Crippen molar-refractivity contribution < 1.29 is 87.6 Å². The van der Waals surface area contributed by atoms with Crippen molar-refractivity contribution >= 4 is 129 Å². The van der Waals surface area contributed by atoms with Crippen LogP contribution in [0.5, 0.6) is 0 Å². The number of thiocarbonyl (C=S) groups is 1. The smallest absolute Gasteiger partial charge is 0.311 e. The largest absolute Gasteiger partial charge is 0.459 e. The Morgan fingerprint density at radius 2 is 1.13 bits per heavy atom. The summed E-state index contributed by atoms with van der Waals surface area (Å²) in [6.45, 7) is 18.0. The summed E-state index contributed by atoms with van der Waals surface area (Å²) < 4.78 is 42.4. The van der Waals surface area contributed by atoms with Crippen molar-refractivity contribution in [2.75, 3.05) is 49.5 Å². The van der Waals surface area contributed by atoms with E-state index in [-0.39, 0.29) is 92.2 Å². The number of Topliss-reactive ketones (excluding diaryl/α,β-unsaturated/α-hetero) is 1. The predicted octanol–water partition coefficient (Wildman–Crippen LogP) is 10.5. The molecule has 4 aromatic heterocycles. The third kappa shape index (κ3) is 41.2. The van der Waals surface area contributed by atoms with Crippen molar-refractivity contribution in [3.05, 3.63) is 253 Å². The zero-order valence-electron chi connectivity index (χ0n) is 83.4. The lowest BCUT2D eigenvalue weighted by molar-refractivity contribution is -0.384. The van der Waals surface area contributed by atoms with Gasteiger partial charge in [-0.25, -0.2) is 19.0 Å². The second-order valence-corrected chi connectivity index (χ2v) is 39.4. The number of nitrogen functional groups attached to an aromatic ring is 1. The first kappa shape index (κ1) is 122. The SMILES string of the molecule is BrCCc1csc(Cc2ccc(-n3ccnn3)cc2)n1.CC[C@H]1OC(=O)[C@H](C)[C@@H](O[C@H]2C[C@@](C)(OC)[C@@H](O)[C@H](C)O2)[C@H](C)[C@@H](O[C@@H]2O[C@H](C)C[C@H](NC)[C@H]2O)[C@](C)(O)C[C@@H](C)CN(C)[C@H](C)[C@@H](O)[C@]1(C)O.NC(=O)Cc1ccc(-n2ccnn2)cc1.NC(=O)Cc1ccc(N)cc1.NC(=O)Cc1ccc([N+](=O)[O-])cc1.NC(=S)Cc1ccc(-n2ccnn2)cc1.O=C(CBr)CCBr.[N-]=[N+]=Nc1ccc(CC(N)=O)cc1. The van der Waals surface area contributed by atoms with Crippen molar-refractivity contribution in [2.45, 2.75) is 237 Å². The molecule has 3 aliphatic heterocycles. The molecule has 145 heavy (non-hydrogen) atoms. The lowest BCUT2D eigenvalue weighted by atomic mass is 9.77. The molecule has 0 aliphatic carbocycles. The summed E-state index contributed by atoms with van der Waals surface area (Å²) >= 11 is 16.2. The number of methoxy groups -OCH3 is 1. The number of primary amides is 4. The Labute approximate surface area is 878 Å². The number of ketones is 1. The van der Waals surface area contributed by atoms with E-state index in [2.05, 4.69) is 129 Å². The molecule has 0 unspecified atom stereocenters. The number of hydrogen-bond donors (Lipinski definition) is 12. The van der Waals surface area contributed by atoms with Gasteiger partial charge in [-0.2, -0.15) is 0 Å². The average Bonchev–Trinajstić information content (AvgIpc) is 0.971. The number of aryl methyl sites for hydroxylation is 1. The number of ether oxygens (including phenoxy) is 6. The van der Waals surface area contributed by atoms with Gasteiger partial charge in [0, 0.05) is 108 Å². The third-order valence-electron chi connectivity index (χ3n) is 23.8. The number of nitrogens with one attached hydrogen (secondary N) is 1. The number of azide groups is 1. The highest BCUT2D eigenvalue weighted by Crippen LogP contribution is 2.41. The third-order valence-corrected chi connectivity index (χ3v) is 26.2. The molecule has 788 valence electrons. The Bertz CT molecular complexity index is 5490. The fraction of sp³-hybridized carbons (Fsp3) is 0.475. The number of cyclic esters (lactones) is 1. The molecule has 6 aromatic carbocycles. The number of rotatable bonds is 29. The highest BCUT2D eigenvalue weighted by atomic mass is 79.9. The predicted molar refractivity (Wildman–Crippen MR) is 565 cm³/mol. The van der Waals surface area contributed by atoms with Crippen molar-refractivity contribution in [3.63, 3.8) is 0 Å². The van der Waals surface area contributed by atoms with E-state index in [1.807, 2.05) is 87.4 Å². The Hall–Kier alpha value is -11.3. The van der Waals surface area contributed by atoms with Crippen LogP contribution in [0.1, 0.15) is 145 Å². The topological polar surface area (TPSA) is 627 Å². The first-order chi connectivity index (χ1) is 68.7. The number of benzene rings is 6. The standard InChI is InChI=1S/C37H70N2O12.C14H13BrN4S.C10H10N4O.C10H10N4S.C8H8N4O.C8H8N2O3.C8H10N2O.C4H6Br2O/c1-14-26-37(10,45)30(41)23(6)39(12)18-19(2)16-35(8,44)32(51-34-28(40)25(38-11)15-20(3)47-34)21(4)29(22(5)33(43)49-26)50-27-17-36(9,46-13)31(42)24(7)48-27;15-6-5-12-10-20-14(17-12)9-11-1-3-13(4-2-11)19-8-7-16-18-19;2*11-10(15)7-8-1-3-9(4-2-8)14-6-5-12-13-14;9-8(13)5-6-1-3-7(4-2-6)11-12-10;9-8(11)5-6-1-3-7(4-2-6)10(12)13;9-7-3-1-6(2-4-7)5-8(10)11;5-2-1-4(7)3-6/h19-32,34,38,40-42,44-45H,14-18H2,1-13H3;1-4,7-8,10H,5-6,9H2;2*1-6H,7H2,(H2,11,15);1-4H,5H2,(H2,9,13);1-4H,5H2,(H2,9,11);1-4H,5,9H2,(H2,10,11);1-3H2/t19-,20-,21+,22-,23-,24+,25+,26-,27+,28-,29+,30-,31+,32-,34+,35-,36-,37-;;;;;;;/m1......./s1. The van der Waals surface area contributed by atoms with Gasteiger partial charge in [0.15, 0.2) is 12.6 Å². The minimum Gasteiger partial charge on any atom is -0.459 e. The van der Waals surface area contributed by atoms with Crippen molar-refractivity contribution in [2.24, 2.45) is 51.5 Å². The number of nitrogens with two attached hydrogens (primary N) is 6. The van der Waals surface area contributed by atoms with Gasteiger partial charge in [-0.05, 0) is 175 Å². The Morgan fingerprint density at radius 3 is 1.54 bits per heavy atom. The molecule has 0 saturated carbocycles. The number of likely N-dealkylation sites (N-methyl/N-ethyl adjacent to an activating group) is 2. The number of aliphatic hydroxyl groups is 5. The van der Waals surface area contributed by atoms with E-state index in [0.29, 0.717) is 53.1 Å². The van der Waals surface area contributed by atoms with E-state index >= 15 is 0 Å². The molecule has 4 amide bonds. The molecule has 18 atom stereocenters. The number of anilines is 1. The second-order valence-electron chi connectivity index (χ2n) is 35.8. The number of aromatic nitrogens is 10. The van der Waals surface area contributed by atoms with Crippen LogP contribution in [-0.4, -0.2) is 260 Å². The van der Waals surface area contributed by atoms with E-state index in [9.17, 15) is 64.4 Å². The first-order valence-corrected chi connectivity index (χ1v) is 51.2. The van der Waals surface area contributed by atoms with Crippen LogP contribution >= 0.6 is 71.3 Å². The molecule has 3 saturated heterocycles. The molecule has 0 radical (unpaired) electrons. The summed E-state index contributed by atoms with van der Waals surface area (Å²) in [5.74, 6) is -3.82. The fourth-order valence-corrected chi connectivity index (χ4v) is 18.1. The monoisotopic (exact) mass is 2240 g/mol. The van der Waals surface area contributed by atoms with Crippen LogP contribution in [0.3, 0.4) is 0 Å². The van der Waals surface area contributed by atoms with E-state index in [0.717, 1.165) is 67.8 Å². The zero-order valence-corrected chi connectivity index (χ0v) is 89.8. The molecule has 3 fully saturated rings. The van der Waals surface area contributed by atoms with E-state index < -0.39 is 107 Å². The van der Waals surface area contributed by atoms with Crippen LogP contribution < -0.4 is 39.7 Å². The van der Waals surface area contributed by atoms with Gasteiger partial charge in [0.2, 0.25) is 23.6 Å². The maximum atomic E-state index is 14.2. The Morgan fingerprint density at radius 1 is 0.669 bits per heavy atom. The van der Waals surface area contributed by atoms with Crippen LogP contribution in [0.2, 0.25) is 0 Å². The number of nitro groups is 1. The normalized spacial score (nSPS) is 24.1. The van der Waals surface area contributed by atoms with Gasteiger partial charge in [0.05, 0.1) is 147 Å². The van der Waals surface area contributed by atoms with Crippen LogP contribution in [0, 0.1) is 27.9 Å². The summed E-state index contributed by atoms with van der Waals surface area (Å²) in [6.07, 6.45) is 6.05. The minimum atomic E-state index is -1.80. The van der Waals surface area contributed by atoms with Gasteiger partial charge >= 0.3 is 5.97 Å². The number of thiazole rings is 1. The number of alkyl halides is 3. The number of carbonyl (C=O) groups excluding carboxylic acids is 6. The number of nitro benzene ring substituents is 1. The van der Waals surface area contributed by atoms with Crippen molar-refractivity contribution in [3.8, 4) is 17.1 Å². The summed E-state index contributed by atoms with van der Waals surface area (Å²) in [7, 11) is 5.10. The van der Waals surface area contributed by atoms with Crippen molar-refractivity contribution in [1.29, 1.82) is 0 Å². The number of amides is 4. The summed E-state index contributed by atoms with van der Waals surface area (Å²) in [6, 6.07) is 42.3. The second kappa shape index (κ2) is 61.4. The number of carbonyl (C=O) groups is 6. The van der Waals surface area contributed by atoms with Crippen molar-refractivity contribution in [1.82, 2.24) is 60.2 Å². The number of esters is 1. The van der Waals surface area contributed by atoms with Gasteiger partial charge in [-0.1, -0.05) is 186 Å². The van der Waals surface area contributed by atoms with E-state index in [1.165, 1.54) is 49.6 Å². The number of nitrogens with zero attached hydrogens (tertiary/aromatic N) is 15. The maximum absolute atomic E-state index is 14.2. The average molecular weight is 2240 g/mol. The van der Waals surface area contributed by atoms with E-state index in [1.54, 1.807) is 153 Å². The number of halogens is 3. The van der Waals surface area contributed by atoms with Gasteiger partial charge in [0.1, 0.15) is 35.8 Å². The summed E-state index contributed by atoms with van der Waals surface area (Å²) in [5, 5.41) is 103. The summed E-state index contributed by atoms with van der Waals surface area (Å²) in [5.41, 5.74) is 45.6. The fourth-order valence-electron chi connectivity index (χ4n) is 16.0. The Kier molecular flexibility index (Phi) is 51.8. The van der Waals surface area contributed by atoms with Crippen LogP contribution in [-0.2, 0) is 102 Å². The van der Waals surface area contributed by atoms with Crippen LogP contribution in [0.4, 0.5) is 17.1 Å². The lowest BCUT2D eigenvalue weighted by Crippen LogP contribution is -2.60. The first-order valence-electron chi connectivity index (χ1n) is 46.6. The van der Waals surface area contributed by atoms with Crippen LogP contribution in [0.25, 0.3) is 27.5 Å². The molecule has 3 aliphatic rings. The highest BCUT2D eigenvalue weighted by Gasteiger charge is 2.53. The minimum absolute atomic E-state index is 0.00761. The molecular formula is C99H135Br3N22O19S2. The van der Waals surface area contributed by atoms with Gasteiger partial charge < -0.3 is 98.6 Å². The molecule has 18 N–H and O–H groups in total. The molecule has 41 nitrogen and oxygen atoms in total. The van der Waals surface area contributed by atoms with Gasteiger partial charge in [-0.3, -0.25) is 38.9 Å². The molecule has 46 heteroatoms. The number of aliphatic hydroxyl groups excluding tert-OH is 3. The van der Waals surface area contributed by atoms with Gasteiger partial charge in [0.25, 0.3) is 5.69 Å². The quantitative estimate of drug-likeness (QED) is 0.00238. The number of non-ortho nitro benzene ring substituents is 1. The lowest BCUT2D eigenvalue weighted by Gasteiger charge is -2.48.